The second kappa shape index (κ2) is 8.46. The van der Waals surface area contributed by atoms with E-state index in [9.17, 15) is 9.59 Å². The fourth-order valence-corrected chi connectivity index (χ4v) is 3.82. The number of amides is 2. The summed E-state index contributed by atoms with van der Waals surface area (Å²) < 4.78 is 5.38. The molecule has 1 aliphatic rings. The van der Waals surface area contributed by atoms with Crippen LogP contribution in [0.4, 0.5) is 11.4 Å². The third-order valence-electron chi connectivity index (χ3n) is 4.99. The molecule has 3 aromatic rings. The number of carbonyl (C=O) groups is 2. The van der Waals surface area contributed by atoms with Crippen molar-refractivity contribution in [2.75, 3.05) is 17.3 Å². The van der Waals surface area contributed by atoms with Crippen LogP contribution in [0, 0.1) is 6.92 Å². The number of para-hydroxylation sites is 2. The minimum Gasteiger partial charge on any atom is -0.495 e. The van der Waals surface area contributed by atoms with Gasteiger partial charge in [-0.25, -0.2) is 4.90 Å². The summed E-state index contributed by atoms with van der Waals surface area (Å²) in [6.45, 7) is 1.87. The summed E-state index contributed by atoms with van der Waals surface area (Å²) in [5.41, 5.74) is 2.89. The number of ether oxygens (including phenoxy) is 1. The first-order chi connectivity index (χ1) is 14.9. The number of nitrogens with zero attached hydrogens (tertiary/aromatic N) is 1. The zero-order valence-corrected chi connectivity index (χ0v) is 18.3. The van der Waals surface area contributed by atoms with E-state index in [4.69, 9.17) is 27.9 Å². The van der Waals surface area contributed by atoms with Crippen LogP contribution in [0.3, 0.4) is 0 Å². The molecule has 0 aromatic heterocycles. The molecule has 0 spiro atoms. The van der Waals surface area contributed by atoms with Crippen molar-refractivity contribution in [1.82, 2.24) is 0 Å². The molecular formula is C24H18Cl2N2O3. The summed E-state index contributed by atoms with van der Waals surface area (Å²) in [6.07, 6.45) is 0. The molecule has 0 unspecified atom stereocenters. The Morgan fingerprint density at radius 2 is 1.55 bits per heavy atom. The van der Waals surface area contributed by atoms with Crippen molar-refractivity contribution in [3.8, 4) is 5.75 Å². The number of anilines is 2. The van der Waals surface area contributed by atoms with E-state index in [1.807, 2.05) is 6.92 Å². The van der Waals surface area contributed by atoms with E-state index in [-0.39, 0.29) is 11.3 Å². The molecule has 0 aliphatic carbocycles. The Labute approximate surface area is 189 Å². The van der Waals surface area contributed by atoms with Crippen LogP contribution >= 0.6 is 23.2 Å². The van der Waals surface area contributed by atoms with Gasteiger partial charge in [0.15, 0.2) is 0 Å². The molecule has 1 aliphatic heterocycles. The highest BCUT2D eigenvalue weighted by Gasteiger charge is 2.41. The number of hydrogen-bond donors (Lipinski definition) is 1. The van der Waals surface area contributed by atoms with Crippen LogP contribution in [0.2, 0.25) is 10.0 Å². The van der Waals surface area contributed by atoms with Gasteiger partial charge in [0, 0.05) is 15.7 Å². The molecule has 3 aromatic carbocycles. The van der Waals surface area contributed by atoms with Gasteiger partial charge in [0.25, 0.3) is 11.8 Å². The summed E-state index contributed by atoms with van der Waals surface area (Å²) in [6, 6.07) is 19.0. The molecule has 31 heavy (non-hydrogen) atoms. The molecule has 1 N–H and O–H groups in total. The van der Waals surface area contributed by atoms with Gasteiger partial charge < -0.3 is 10.1 Å². The lowest BCUT2D eigenvalue weighted by Gasteiger charge is -2.18. The average Bonchev–Trinajstić information content (AvgIpc) is 3.00. The summed E-state index contributed by atoms with van der Waals surface area (Å²) in [7, 11) is 1.49. The minimum absolute atomic E-state index is 0.170. The Bertz CT molecular complexity index is 1220. The molecule has 2 amide bonds. The molecule has 7 heteroatoms. The average molecular weight is 453 g/mol. The van der Waals surface area contributed by atoms with E-state index in [1.54, 1.807) is 66.7 Å². The van der Waals surface area contributed by atoms with Crippen molar-refractivity contribution in [1.29, 1.82) is 0 Å². The number of rotatable bonds is 5. The lowest BCUT2D eigenvalue weighted by molar-refractivity contribution is -0.120. The number of halogens is 2. The van der Waals surface area contributed by atoms with E-state index in [0.717, 1.165) is 10.5 Å². The van der Waals surface area contributed by atoms with Crippen molar-refractivity contribution < 1.29 is 14.3 Å². The molecule has 0 radical (unpaired) electrons. The summed E-state index contributed by atoms with van der Waals surface area (Å²) in [4.78, 5) is 28.1. The van der Waals surface area contributed by atoms with Crippen LogP contribution in [0.25, 0.3) is 5.57 Å². The van der Waals surface area contributed by atoms with Gasteiger partial charge in [0.05, 0.1) is 18.4 Å². The van der Waals surface area contributed by atoms with Crippen LogP contribution in [-0.2, 0) is 9.59 Å². The van der Waals surface area contributed by atoms with Crippen LogP contribution in [0.15, 0.2) is 72.4 Å². The second-order valence-corrected chi connectivity index (χ2v) is 7.83. The maximum atomic E-state index is 13.5. The van der Waals surface area contributed by atoms with Crippen LogP contribution in [0.1, 0.15) is 11.1 Å². The maximum absolute atomic E-state index is 13.5. The number of carbonyl (C=O) groups excluding carboxylic acids is 2. The van der Waals surface area contributed by atoms with Crippen molar-refractivity contribution in [3.05, 3.63) is 93.6 Å². The Morgan fingerprint density at radius 1 is 0.871 bits per heavy atom. The van der Waals surface area contributed by atoms with Gasteiger partial charge in [-0.1, -0.05) is 47.5 Å². The zero-order chi connectivity index (χ0) is 22.1. The number of hydrogen-bond acceptors (Lipinski definition) is 4. The minimum atomic E-state index is -0.478. The van der Waals surface area contributed by atoms with Crippen LogP contribution in [0.5, 0.6) is 5.75 Å². The Hall–Kier alpha value is -3.28. The Balaban J connectivity index is 1.86. The predicted molar refractivity (Wildman–Crippen MR) is 124 cm³/mol. The molecule has 0 bridgehead atoms. The lowest BCUT2D eigenvalue weighted by Crippen LogP contribution is -2.32. The highest BCUT2D eigenvalue weighted by molar-refractivity contribution is 6.46. The SMILES string of the molecule is COc1ccccc1N1C(=O)C(Nc2ccc(Cl)cc2C)=C(c2ccc(Cl)cc2)C1=O. The van der Waals surface area contributed by atoms with Gasteiger partial charge in [0.1, 0.15) is 11.4 Å². The van der Waals surface area contributed by atoms with Gasteiger partial charge in [-0.15, -0.1) is 0 Å². The molecule has 1 heterocycles. The Morgan fingerprint density at radius 3 is 2.23 bits per heavy atom. The Kier molecular flexibility index (Phi) is 5.72. The monoisotopic (exact) mass is 452 g/mol. The van der Waals surface area contributed by atoms with Gasteiger partial charge in [0.2, 0.25) is 0 Å². The molecule has 0 saturated carbocycles. The molecule has 0 saturated heterocycles. The lowest BCUT2D eigenvalue weighted by atomic mass is 10.0. The van der Waals surface area contributed by atoms with Crippen LogP contribution in [-0.4, -0.2) is 18.9 Å². The molecule has 5 nitrogen and oxygen atoms in total. The first-order valence-electron chi connectivity index (χ1n) is 9.46. The number of nitrogens with one attached hydrogen (secondary N) is 1. The molecule has 0 fully saturated rings. The molecule has 4 rings (SSSR count). The molecule has 0 atom stereocenters. The number of aryl methyl sites for hydroxylation is 1. The fraction of sp³-hybridized carbons (Fsp3) is 0.0833. The largest absolute Gasteiger partial charge is 0.495 e. The van der Waals surface area contributed by atoms with Gasteiger partial charge >= 0.3 is 0 Å². The number of imide groups is 1. The van der Waals surface area contributed by atoms with E-state index in [1.165, 1.54) is 7.11 Å². The highest BCUT2D eigenvalue weighted by atomic mass is 35.5. The van der Waals surface area contributed by atoms with Crippen molar-refractivity contribution in [3.63, 3.8) is 0 Å². The first kappa shape index (κ1) is 21.0. The third-order valence-corrected chi connectivity index (χ3v) is 5.48. The van der Waals surface area contributed by atoms with Gasteiger partial charge in [-0.05, 0) is 60.5 Å². The van der Waals surface area contributed by atoms with Crippen molar-refractivity contribution >= 4 is 52.0 Å². The highest BCUT2D eigenvalue weighted by Crippen LogP contribution is 2.38. The summed E-state index contributed by atoms with van der Waals surface area (Å²) in [5.74, 6) is -0.511. The van der Waals surface area contributed by atoms with E-state index in [0.29, 0.717) is 32.7 Å². The van der Waals surface area contributed by atoms with E-state index >= 15 is 0 Å². The normalized spacial score (nSPS) is 13.7. The quantitative estimate of drug-likeness (QED) is 0.503. The van der Waals surface area contributed by atoms with Crippen molar-refractivity contribution in [2.24, 2.45) is 0 Å². The number of methoxy groups -OCH3 is 1. The van der Waals surface area contributed by atoms with E-state index < -0.39 is 11.8 Å². The topological polar surface area (TPSA) is 58.6 Å². The maximum Gasteiger partial charge on any atom is 0.282 e. The van der Waals surface area contributed by atoms with Gasteiger partial charge in [-0.2, -0.15) is 0 Å². The summed E-state index contributed by atoms with van der Waals surface area (Å²) in [5, 5.41) is 4.27. The first-order valence-corrected chi connectivity index (χ1v) is 10.2. The smallest absolute Gasteiger partial charge is 0.282 e. The summed E-state index contributed by atoms with van der Waals surface area (Å²) >= 11 is 12.1. The zero-order valence-electron chi connectivity index (χ0n) is 16.8. The third kappa shape index (κ3) is 3.90. The number of benzene rings is 3. The standard InChI is InChI=1S/C24H18Cl2N2O3/c1-14-13-17(26)11-12-18(14)27-22-21(15-7-9-16(25)10-8-15)23(29)28(24(22)30)19-5-3-4-6-20(19)31-2/h3-13,27H,1-2H3. The van der Waals surface area contributed by atoms with Crippen LogP contribution < -0.4 is 15.0 Å². The second-order valence-electron chi connectivity index (χ2n) is 6.96. The van der Waals surface area contributed by atoms with Gasteiger partial charge in [-0.3, -0.25) is 9.59 Å². The predicted octanol–water partition coefficient (Wildman–Crippen LogP) is 5.71. The van der Waals surface area contributed by atoms with E-state index in [2.05, 4.69) is 5.32 Å². The molecule has 156 valence electrons. The fourth-order valence-electron chi connectivity index (χ4n) is 3.47. The molecular weight excluding hydrogens is 435 g/mol. The van der Waals surface area contributed by atoms with Crippen molar-refractivity contribution in [2.45, 2.75) is 6.92 Å².